The summed E-state index contributed by atoms with van der Waals surface area (Å²) in [6.45, 7) is 0.944. The maximum atomic E-state index is 12.9. The Morgan fingerprint density at radius 3 is 2.37 bits per heavy atom. The van der Waals surface area contributed by atoms with Crippen molar-refractivity contribution < 1.29 is 22.3 Å². The number of anilines is 1. The number of hydrogen-bond acceptors (Lipinski definition) is 4. The Kier molecular flexibility index (Phi) is 5.76. The standard InChI is InChI=1S/C19H21FN2O4S/c1-21(13-14-26-17-8-4-15(20)5-9-17)27(24,25)18-10-6-16(7-11-18)22-12-2-3-19(22)23/h4-11H,2-3,12-14H2,1H3. The van der Waals surface area contributed by atoms with Gasteiger partial charge < -0.3 is 9.64 Å². The Hall–Kier alpha value is -2.45. The monoisotopic (exact) mass is 392 g/mol. The molecule has 0 N–H and O–H groups in total. The third-order valence-corrected chi connectivity index (χ3v) is 6.29. The molecule has 144 valence electrons. The lowest BCUT2D eigenvalue weighted by Crippen LogP contribution is -2.31. The van der Waals surface area contributed by atoms with Gasteiger partial charge in [0, 0.05) is 32.2 Å². The van der Waals surface area contributed by atoms with Crippen LogP contribution in [-0.4, -0.2) is 45.4 Å². The number of sulfonamides is 1. The van der Waals surface area contributed by atoms with Gasteiger partial charge in [-0.25, -0.2) is 12.8 Å². The van der Waals surface area contributed by atoms with Crippen LogP contribution in [0.25, 0.3) is 0 Å². The summed E-state index contributed by atoms with van der Waals surface area (Å²) in [5.74, 6) is 0.170. The van der Waals surface area contributed by atoms with Gasteiger partial charge in [-0.2, -0.15) is 4.31 Å². The Bertz CT molecular complexity index is 898. The summed E-state index contributed by atoms with van der Waals surface area (Å²) in [5.41, 5.74) is 0.707. The number of ether oxygens (including phenoxy) is 1. The van der Waals surface area contributed by atoms with Crippen molar-refractivity contribution in [2.75, 3.05) is 31.6 Å². The van der Waals surface area contributed by atoms with Crippen LogP contribution in [0.4, 0.5) is 10.1 Å². The second-order valence-electron chi connectivity index (χ2n) is 6.27. The van der Waals surface area contributed by atoms with Crippen LogP contribution in [0.5, 0.6) is 5.75 Å². The molecule has 0 bridgehead atoms. The smallest absolute Gasteiger partial charge is 0.242 e. The Balaban J connectivity index is 1.60. The van der Waals surface area contributed by atoms with E-state index in [2.05, 4.69) is 0 Å². The van der Waals surface area contributed by atoms with Crippen molar-refractivity contribution in [3.63, 3.8) is 0 Å². The zero-order valence-corrected chi connectivity index (χ0v) is 15.8. The van der Waals surface area contributed by atoms with Crippen molar-refractivity contribution in [3.8, 4) is 5.75 Å². The van der Waals surface area contributed by atoms with Gasteiger partial charge in [0.1, 0.15) is 18.2 Å². The van der Waals surface area contributed by atoms with Gasteiger partial charge in [-0.1, -0.05) is 0 Å². The fourth-order valence-electron chi connectivity index (χ4n) is 2.84. The molecule has 1 aliphatic heterocycles. The van der Waals surface area contributed by atoms with Gasteiger partial charge in [0.2, 0.25) is 15.9 Å². The predicted molar refractivity (Wildman–Crippen MR) is 99.7 cm³/mol. The van der Waals surface area contributed by atoms with Gasteiger partial charge in [-0.15, -0.1) is 0 Å². The Labute approximate surface area is 158 Å². The molecule has 3 rings (SSSR count). The second kappa shape index (κ2) is 8.06. The van der Waals surface area contributed by atoms with Gasteiger partial charge in [0.15, 0.2) is 0 Å². The number of halogens is 1. The molecule has 27 heavy (non-hydrogen) atoms. The molecule has 1 amide bonds. The first-order valence-electron chi connectivity index (χ1n) is 8.63. The first-order chi connectivity index (χ1) is 12.9. The maximum absolute atomic E-state index is 12.9. The van der Waals surface area contributed by atoms with E-state index in [1.54, 1.807) is 17.0 Å². The summed E-state index contributed by atoms with van der Waals surface area (Å²) in [6.07, 6.45) is 1.34. The molecule has 2 aromatic carbocycles. The fourth-order valence-corrected chi connectivity index (χ4v) is 4.00. The SMILES string of the molecule is CN(CCOc1ccc(F)cc1)S(=O)(=O)c1ccc(N2CCCC2=O)cc1. The molecule has 2 aromatic rings. The quantitative estimate of drug-likeness (QED) is 0.727. The Morgan fingerprint density at radius 1 is 1.11 bits per heavy atom. The molecule has 0 spiro atoms. The van der Waals surface area contributed by atoms with E-state index in [0.717, 1.165) is 6.42 Å². The summed E-state index contributed by atoms with van der Waals surface area (Å²) in [7, 11) is -2.19. The molecule has 1 saturated heterocycles. The molecule has 1 aliphatic rings. The van der Waals surface area contributed by atoms with Crippen molar-refractivity contribution in [1.82, 2.24) is 4.31 Å². The van der Waals surface area contributed by atoms with Crippen LogP contribution < -0.4 is 9.64 Å². The number of carbonyl (C=O) groups is 1. The third kappa shape index (κ3) is 4.45. The van der Waals surface area contributed by atoms with E-state index in [1.165, 1.54) is 47.8 Å². The predicted octanol–water partition coefficient (Wildman–Crippen LogP) is 2.65. The summed E-state index contributed by atoms with van der Waals surface area (Å²) in [4.78, 5) is 13.6. The van der Waals surface area contributed by atoms with Crippen molar-refractivity contribution in [2.45, 2.75) is 17.7 Å². The van der Waals surface area contributed by atoms with E-state index in [0.29, 0.717) is 24.4 Å². The molecule has 1 fully saturated rings. The second-order valence-corrected chi connectivity index (χ2v) is 8.32. The van der Waals surface area contributed by atoms with E-state index in [-0.39, 0.29) is 29.8 Å². The number of carbonyl (C=O) groups excluding carboxylic acids is 1. The molecule has 0 radical (unpaired) electrons. The molecule has 0 aliphatic carbocycles. The summed E-state index contributed by atoms with van der Waals surface area (Å²) in [6, 6.07) is 11.9. The van der Waals surface area contributed by atoms with Crippen molar-refractivity contribution in [1.29, 1.82) is 0 Å². The van der Waals surface area contributed by atoms with Gasteiger partial charge >= 0.3 is 0 Å². The maximum Gasteiger partial charge on any atom is 0.242 e. The highest BCUT2D eigenvalue weighted by Crippen LogP contribution is 2.24. The number of hydrogen-bond donors (Lipinski definition) is 0. The van der Waals surface area contributed by atoms with Crippen molar-refractivity contribution in [2.24, 2.45) is 0 Å². The average molecular weight is 392 g/mol. The number of likely N-dealkylation sites (N-methyl/N-ethyl adjacent to an activating group) is 1. The molecule has 0 unspecified atom stereocenters. The van der Waals surface area contributed by atoms with Gasteiger partial charge in [0.05, 0.1) is 4.90 Å². The summed E-state index contributed by atoms with van der Waals surface area (Å²) in [5, 5.41) is 0. The number of rotatable bonds is 7. The first-order valence-corrected chi connectivity index (χ1v) is 10.1. The highest BCUT2D eigenvalue weighted by Gasteiger charge is 2.24. The number of nitrogens with zero attached hydrogens (tertiary/aromatic N) is 2. The summed E-state index contributed by atoms with van der Waals surface area (Å²) < 4.78 is 44.8. The normalized spacial score (nSPS) is 14.8. The molecule has 1 heterocycles. The molecule has 8 heteroatoms. The van der Waals surface area contributed by atoms with E-state index in [9.17, 15) is 17.6 Å². The lowest BCUT2D eigenvalue weighted by Gasteiger charge is -2.19. The lowest BCUT2D eigenvalue weighted by molar-refractivity contribution is -0.117. The first kappa shape index (κ1) is 19.3. The van der Waals surface area contributed by atoms with Crippen LogP contribution >= 0.6 is 0 Å². The van der Waals surface area contributed by atoms with E-state index >= 15 is 0 Å². The van der Waals surface area contributed by atoms with Crippen LogP contribution in [-0.2, 0) is 14.8 Å². The van der Waals surface area contributed by atoms with E-state index < -0.39 is 10.0 Å². The van der Waals surface area contributed by atoms with Crippen LogP contribution in [0.3, 0.4) is 0 Å². The largest absolute Gasteiger partial charge is 0.492 e. The van der Waals surface area contributed by atoms with E-state index in [4.69, 9.17) is 4.74 Å². The van der Waals surface area contributed by atoms with Crippen molar-refractivity contribution >= 4 is 21.6 Å². The number of benzene rings is 2. The molecule has 0 atom stereocenters. The van der Waals surface area contributed by atoms with Gasteiger partial charge in [0.25, 0.3) is 0 Å². The van der Waals surface area contributed by atoms with E-state index in [1.807, 2.05) is 0 Å². The topological polar surface area (TPSA) is 66.9 Å². The molecular formula is C19H21FN2O4S. The van der Waals surface area contributed by atoms with Crippen molar-refractivity contribution in [3.05, 3.63) is 54.3 Å². The highest BCUT2D eigenvalue weighted by atomic mass is 32.2. The van der Waals surface area contributed by atoms with Crippen LogP contribution in [0, 0.1) is 5.82 Å². The minimum atomic E-state index is -3.66. The molecule has 0 saturated carbocycles. The van der Waals surface area contributed by atoms with Crippen LogP contribution in [0.15, 0.2) is 53.4 Å². The highest BCUT2D eigenvalue weighted by molar-refractivity contribution is 7.89. The zero-order valence-electron chi connectivity index (χ0n) is 15.0. The molecular weight excluding hydrogens is 371 g/mol. The minimum Gasteiger partial charge on any atom is -0.492 e. The third-order valence-electron chi connectivity index (χ3n) is 4.42. The molecule has 6 nitrogen and oxygen atoms in total. The minimum absolute atomic E-state index is 0.0562. The average Bonchev–Trinajstić information content (AvgIpc) is 3.09. The fraction of sp³-hybridized carbons (Fsp3) is 0.316. The lowest BCUT2D eigenvalue weighted by atomic mass is 10.3. The van der Waals surface area contributed by atoms with Crippen LogP contribution in [0.1, 0.15) is 12.8 Å². The van der Waals surface area contributed by atoms with Gasteiger partial charge in [-0.3, -0.25) is 4.79 Å². The van der Waals surface area contributed by atoms with Gasteiger partial charge in [-0.05, 0) is 55.0 Å². The molecule has 0 aromatic heterocycles. The van der Waals surface area contributed by atoms with Crippen LogP contribution in [0.2, 0.25) is 0 Å². The summed E-state index contributed by atoms with van der Waals surface area (Å²) >= 11 is 0. The zero-order chi connectivity index (χ0) is 19.4. The Morgan fingerprint density at radius 2 is 1.78 bits per heavy atom. The number of amides is 1.